The van der Waals surface area contributed by atoms with Gasteiger partial charge in [-0.2, -0.15) is 0 Å². The van der Waals surface area contributed by atoms with Crippen molar-refractivity contribution < 1.29 is 66.7 Å². The molecule has 17 heteroatoms. The molecule has 3 aliphatic rings. The molecule has 7 aromatic rings. The first-order valence-corrected chi connectivity index (χ1v) is 28.6. The van der Waals surface area contributed by atoms with E-state index in [2.05, 4.69) is 10.0 Å². The lowest BCUT2D eigenvalue weighted by atomic mass is 9.97. The molecular formula is C67H73N3O14. The minimum Gasteiger partial charge on any atom is -0.387 e. The lowest BCUT2D eigenvalue weighted by Gasteiger charge is -2.49. The Labute approximate surface area is 490 Å². The van der Waals surface area contributed by atoms with Gasteiger partial charge in [-0.1, -0.05) is 217 Å². The molecule has 1 N–H and O–H groups in total. The fourth-order valence-electron chi connectivity index (χ4n) is 10.3. The molecule has 0 aliphatic carbocycles. The van der Waals surface area contributed by atoms with Crippen LogP contribution < -0.4 is 0 Å². The van der Waals surface area contributed by atoms with E-state index in [1.54, 1.807) is 0 Å². The van der Waals surface area contributed by atoms with Crippen molar-refractivity contribution in [1.82, 2.24) is 0 Å². The first-order valence-electron chi connectivity index (χ1n) is 28.6. The second-order valence-electron chi connectivity index (χ2n) is 20.7. The van der Waals surface area contributed by atoms with Gasteiger partial charge in [-0.05, 0) is 44.5 Å². The summed E-state index contributed by atoms with van der Waals surface area (Å²) in [6.07, 6.45) is -13.5. The summed E-state index contributed by atoms with van der Waals surface area (Å²) in [4.78, 5) is 2.94. The Morgan fingerprint density at radius 1 is 0.393 bits per heavy atom. The molecule has 0 bridgehead atoms. The van der Waals surface area contributed by atoms with Crippen molar-refractivity contribution in [2.45, 2.75) is 126 Å². The molecule has 0 aromatic heterocycles. The van der Waals surface area contributed by atoms with Crippen LogP contribution >= 0.6 is 0 Å². The number of nitrogens with zero attached hydrogens (tertiary/aromatic N) is 3. The van der Waals surface area contributed by atoms with E-state index in [4.69, 9.17) is 61.6 Å². The summed E-state index contributed by atoms with van der Waals surface area (Å²) in [6.45, 7) is 1.41. The van der Waals surface area contributed by atoms with E-state index in [0.29, 0.717) is 0 Å². The van der Waals surface area contributed by atoms with Gasteiger partial charge in [-0.25, -0.2) is 0 Å². The SMILES string of the molecule is [N-]=[N+]=NCCO[C@H]1O[C@H](COCc2ccccc2)[C@@H](O[C@@H]2OC[C@@H](OCc3ccccc3)[C@H](OCc3ccccc3)[C@H]2OCc2ccccc2)[C@H](O)[C@@H]1O[C@@H]1OC[C@@H](OCc2ccccc2)[C@H](OCc2ccccc2)[C@H]1OCc1ccccc1. The zero-order chi connectivity index (χ0) is 57.4. The number of benzene rings is 7. The molecular weight excluding hydrogens is 1070 g/mol. The molecule has 3 fully saturated rings. The summed E-state index contributed by atoms with van der Waals surface area (Å²) >= 11 is 0. The van der Waals surface area contributed by atoms with Gasteiger partial charge in [0.2, 0.25) is 0 Å². The van der Waals surface area contributed by atoms with E-state index >= 15 is 0 Å². The van der Waals surface area contributed by atoms with Crippen molar-refractivity contribution in [3.05, 3.63) is 262 Å². The van der Waals surface area contributed by atoms with Crippen LogP contribution in [0.4, 0.5) is 0 Å². The lowest BCUT2D eigenvalue weighted by Crippen LogP contribution is -2.66. The topological polar surface area (TPSA) is 189 Å². The Bertz CT molecular complexity index is 2980. The monoisotopic (exact) mass is 1140 g/mol. The maximum atomic E-state index is 13.2. The van der Waals surface area contributed by atoms with Gasteiger partial charge in [0.1, 0.15) is 61.0 Å². The van der Waals surface area contributed by atoms with Gasteiger partial charge in [0, 0.05) is 11.5 Å². The largest absolute Gasteiger partial charge is 0.387 e. The number of aliphatic hydroxyl groups is 1. The Morgan fingerprint density at radius 2 is 0.726 bits per heavy atom. The molecule has 3 heterocycles. The smallest absolute Gasteiger partial charge is 0.187 e. The fraction of sp³-hybridized carbons (Fsp3) is 0.373. The second-order valence-corrected chi connectivity index (χ2v) is 20.7. The summed E-state index contributed by atoms with van der Waals surface area (Å²) in [5.74, 6) is 0. The average Bonchev–Trinajstić information content (AvgIpc) is 2.66. The van der Waals surface area contributed by atoms with Crippen molar-refractivity contribution >= 4 is 0 Å². The highest BCUT2D eigenvalue weighted by Crippen LogP contribution is 2.36. The zero-order valence-electron chi connectivity index (χ0n) is 46.8. The number of rotatable bonds is 30. The molecule has 10 rings (SSSR count). The average molecular weight is 1140 g/mol. The molecule has 17 nitrogen and oxygen atoms in total. The van der Waals surface area contributed by atoms with Gasteiger partial charge in [0.15, 0.2) is 18.9 Å². The van der Waals surface area contributed by atoms with Crippen molar-refractivity contribution in [3.8, 4) is 0 Å². The van der Waals surface area contributed by atoms with Crippen molar-refractivity contribution in [3.63, 3.8) is 0 Å². The van der Waals surface area contributed by atoms with Crippen molar-refractivity contribution in [2.24, 2.45) is 5.11 Å². The fourth-order valence-corrected chi connectivity index (χ4v) is 10.3. The van der Waals surface area contributed by atoms with Gasteiger partial charge >= 0.3 is 0 Å². The first kappa shape index (κ1) is 60.4. The molecule has 7 aromatic carbocycles. The molecule has 0 spiro atoms. The predicted octanol–water partition coefficient (Wildman–Crippen LogP) is 10.6. The number of aliphatic hydroxyl groups excluding tert-OH is 1. The Hall–Kier alpha value is -6.71. The van der Waals surface area contributed by atoms with E-state index in [-0.39, 0.29) is 79.2 Å². The minimum atomic E-state index is -1.54. The predicted molar refractivity (Wildman–Crippen MR) is 310 cm³/mol. The van der Waals surface area contributed by atoms with Crippen LogP contribution in [0.3, 0.4) is 0 Å². The third-order valence-corrected chi connectivity index (χ3v) is 14.7. The van der Waals surface area contributed by atoms with Gasteiger partial charge < -0.3 is 66.7 Å². The molecule has 0 unspecified atom stereocenters. The molecule has 0 saturated carbocycles. The highest BCUT2D eigenvalue weighted by Gasteiger charge is 2.54. The van der Waals surface area contributed by atoms with E-state index in [9.17, 15) is 10.6 Å². The van der Waals surface area contributed by atoms with Gasteiger partial charge in [-0.3, -0.25) is 0 Å². The van der Waals surface area contributed by atoms with Crippen LogP contribution in [0.15, 0.2) is 217 Å². The molecule has 13 atom stereocenters. The standard InChI is InChI=1S/C67H73N3O14/c68-70-69-36-37-73-65-62(84-67-64(79-44-54-34-20-7-21-35-54)61(77-42-52-30-16-5-17-31-52)56(47-81-67)75-40-50-26-12-3-13-27-50)58(71)59(57(82-65)45-72-38-48-22-8-1-9-23-48)83-66-63(78-43-53-32-18-6-19-33-53)60(76-41-51-28-14-4-15-29-51)55(46-80-66)74-39-49-24-10-2-11-25-49/h1-35,55-67,71H,36-47H2/t55-,56-,57-,58+,59-,60+,61+,62+,63-,64-,65+,66+,67+/m1/s1. The van der Waals surface area contributed by atoms with Crippen LogP contribution in [-0.4, -0.2) is 118 Å². The number of azide groups is 1. The number of ether oxygens (including phenoxy) is 13. The normalized spacial score (nSPS) is 26.0. The maximum Gasteiger partial charge on any atom is 0.187 e. The van der Waals surface area contributed by atoms with Gasteiger partial charge in [-0.15, -0.1) is 0 Å². The second kappa shape index (κ2) is 32.5. The van der Waals surface area contributed by atoms with E-state index in [1.807, 2.05) is 212 Å². The minimum absolute atomic E-state index is 0.0261. The molecule has 440 valence electrons. The van der Waals surface area contributed by atoms with E-state index < -0.39 is 79.9 Å². The third-order valence-electron chi connectivity index (χ3n) is 14.7. The zero-order valence-corrected chi connectivity index (χ0v) is 46.8. The van der Waals surface area contributed by atoms with Crippen LogP contribution in [0.25, 0.3) is 10.4 Å². The summed E-state index contributed by atoms with van der Waals surface area (Å²) in [6, 6.07) is 68.8. The number of hydrogen-bond donors (Lipinski definition) is 1. The number of hydrogen-bond acceptors (Lipinski definition) is 15. The van der Waals surface area contributed by atoms with Crippen LogP contribution in [-0.2, 0) is 108 Å². The van der Waals surface area contributed by atoms with Crippen LogP contribution in [0.1, 0.15) is 38.9 Å². The van der Waals surface area contributed by atoms with Crippen LogP contribution in [0.2, 0.25) is 0 Å². The van der Waals surface area contributed by atoms with Gasteiger partial charge in [0.05, 0.1) is 72.7 Å². The maximum absolute atomic E-state index is 13.2. The summed E-state index contributed by atoms with van der Waals surface area (Å²) in [7, 11) is 0. The third kappa shape index (κ3) is 17.7. The Balaban J connectivity index is 0.984. The molecule has 0 amide bonds. The Morgan fingerprint density at radius 3 is 1.10 bits per heavy atom. The summed E-state index contributed by atoms with van der Waals surface area (Å²) in [5, 5.41) is 17.0. The van der Waals surface area contributed by atoms with E-state index in [1.165, 1.54) is 0 Å². The first-order chi connectivity index (χ1) is 41.5. The van der Waals surface area contributed by atoms with Crippen molar-refractivity contribution in [1.29, 1.82) is 0 Å². The van der Waals surface area contributed by atoms with E-state index in [0.717, 1.165) is 38.9 Å². The lowest BCUT2D eigenvalue weighted by molar-refractivity contribution is -0.384. The molecule has 3 saturated heterocycles. The highest BCUT2D eigenvalue weighted by molar-refractivity contribution is 5.19. The summed E-state index contributed by atoms with van der Waals surface area (Å²) in [5.41, 5.74) is 15.8. The Kier molecular flexibility index (Phi) is 23.4. The quantitative estimate of drug-likeness (QED) is 0.0194. The summed E-state index contributed by atoms with van der Waals surface area (Å²) < 4.78 is 88.1. The molecule has 0 radical (unpaired) electrons. The highest BCUT2D eigenvalue weighted by atomic mass is 16.8. The van der Waals surface area contributed by atoms with Crippen LogP contribution in [0.5, 0.6) is 0 Å². The molecule has 3 aliphatic heterocycles. The van der Waals surface area contributed by atoms with Crippen molar-refractivity contribution in [2.75, 3.05) is 33.0 Å². The van der Waals surface area contributed by atoms with Gasteiger partial charge in [0.25, 0.3) is 0 Å². The van der Waals surface area contributed by atoms with Crippen LogP contribution in [0, 0.1) is 0 Å². The molecule has 84 heavy (non-hydrogen) atoms.